The number of rotatable bonds is 7. The number of fused-ring (bicyclic) bond motifs is 1. The average Bonchev–Trinajstić information content (AvgIpc) is 3.67. The van der Waals surface area contributed by atoms with Gasteiger partial charge >= 0.3 is 0 Å². The van der Waals surface area contributed by atoms with E-state index in [4.69, 9.17) is 4.74 Å². The quantitative estimate of drug-likeness (QED) is 0.443. The minimum atomic E-state index is -2.93. The molecule has 3 aromatic rings. The van der Waals surface area contributed by atoms with Crippen molar-refractivity contribution in [3.05, 3.63) is 63.5 Å². The molecule has 6 rings (SSSR count). The molecule has 1 spiro atoms. The predicted octanol–water partition coefficient (Wildman–Crippen LogP) is 4.84. The van der Waals surface area contributed by atoms with E-state index in [0.29, 0.717) is 46.8 Å². The van der Waals surface area contributed by atoms with Gasteiger partial charge in [-0.3, -0.25) is 9.36 Å². The Morgan fingerprint density at radius 3 is 2.54 bits per heavy atom. The van der Waals surface area contributed by atoms with E-state index in [1.807, 2.05) is 0 Å². The van der Waals surface area contributed by atoms with Crippen LogP contribution in [0.25, 0.3) is 11.0 Å². The van der Waals surface area contributed by atoms with Gasteiger partial charge in [0.1, 0.15) is 23.6 Å². The van der Waals surface area contributed by atoms with E-state index >= 15 is 0 Å². The highest BCUT2D eigenvalue weighted by Gasteiger charge is 2.64. The van der Waals surface area contributed by atoms with Crippen LogP contribution in [-0.4, -0.2) is 43.4 Å². The van der Waals surface area contributed by atoms with Crippen LogP contribution < -0.4 is 10.9 Å². The number of nitrogens with zero attached hydrogens (tertiary/aromatic N) is 4. The van der Waals surface area contributed by atoms with E-state index in [9.17, 15) is 22.2 Å². The lowest BCUT2D eigenvalue weighted by Gasteiger charge is -2.60. The number of halogens is 3. The van der Waals surface area contributed by atoms with Crippen molar-refractivity contribution in [1.82, 2.24) is 14.5 Å². The molecule has 3 fully saturated rings. The number of anilines is 1. The van der Waals surface area contributed by atoms with Crippen molar-refractivity contribution in [1.29, 1.82) is 0 Å². The molecule has 0 radical (unpaired) electrons. The highest BCUT2D eigenvalue weighted by molar-refractivity contribution is 7.95. The van der Waals surface area contributed by atoms with Crippen LogP contribution in [0, 0.1) is 11.2 Å². The second-order valence-electron chi connectivity index (χ2n) is 11.2. The van der Waals surface area contributed by atoms with Gasteiger partial charge in [-0.25, -0.2) is 31.7 Å². The molecule has 1 atom stereocenters. The summed E-state index contributed by atoms with van der Waals surface area (Å²) >= 11 is 0. The van der Waals surface area contributed by atoms with Gasteiger partial charge in [-0.15, -0.1) is 0 Å². The molecule has 0 unspecified atom stereocenters. The SMILES string of the molecule is COC1(c2cc3c(N[C@H](C)c4cccc(C(F)F)c4F)ncnc3n(C)c2=O)CC2(C1)CS(=O)(=NC1CC1)C2. The summed E-state index contributed by atoms with van der Waals surface area (Å²) in [6, 6.07) is 5.15. The number of aryl methyl sites for hydroxylation is 1. The second kappa shape index (κ2) is 9.02. The third-order valence-corrected chi connectivity index (χ3v) is 11.1. The summed E-state index contributed by atoms with van der Waals surface area (Å²) in [4.78, 5) is 22.1. The van der Waals surface area contributed by atoms with Crippen LogP contribution in [0.3, 0.4) is 0 Å². The van der Waals surface area contributed by atoms with E-state index in [1.54, 1.807) is 27.1 Å². The molecule has 0 amide bonds. The van der Waals surface area contributed by atoms with Crippen LogP contribution in [0.4, 0.5) is 19.0 Å². The van der Waals surface area contributed by atoms with Crippen molar-refractivity contribution < 1.29 is 22.1 Å². The third kappa shape index (κ3) is 4.32. The van der Waals surface area contributed by atoms with Gasteiger partial charge in [-0.2, -0.15) is 0 Å². The summed E-state index contributed by atoms with van der Waals surface area (Å²) in [5, 5.41) is 3.64. The lowest BCUT2D eigenvalue weighted by molar-refractivity contribution is -0.148. The van der Waals surface area contributed by atoms with Crippen LogP contribution in [-0.2, 0) is 27.1 Å². The summed E-state index contributed by atoms with van der Waals surface area (Å²) in [7, 11) is 1.02. The minimum absolute atomic E-state index is 0.0732. The van der Waals surface area contributed by atoms with Crippen LogP contribution >= 0.6 is 0 Å². The molecule has 3 heterocycles. The van der Waals surface area contributed by atoms with Crippen molar-refractivity contribution >= 4 is 26.6 Å². The summed E-state index contributed by atoms with van der Waals surface area (Å²) in [5.74, 6) is 0.433. The van der Waals surface area contributed by atoms with E-state index < -0.39 is 39.2 Å². The lowest BCUT2D eigenvalue weighted by atomic mass is 9.58. The Morgan fingerprint density at radius 1 is 1.21 bits per heavy atom. The zero-order chi connectivity index (χ0) is 27.7. The topological polar surface area (TPSA) is 98.5 Å². The smallest absolute Gasteiger partial charge is 0.266 e. The van der Waals surface area contributed by atoms with Crippen LogP contribution in [0.15, 0.2) is 39.8 Å². The Balaban J connectivity index is 1.34. The number of methoxy groups -OCH3 is 1. The van der Waals surface area contributed by atoms with Crippen molar-refractivity contribution in [3.63, 3.8) is 0 Å². The Labute approximate surface area is 224 Å². The molecule has 1 saturated heterocycles. The summed E-state index contributed by atoms with van der Waals surface area (Å²) in [6.07, 6.45) is 1.51. The molecule has 208 valence electrons. The van der Waals surface area contributed by atoms with E-state index in [1.165, 1.54) is 23.0 Å². The van der Waals surface area contributed by atoms with E-state index in [-0.39, 0.29) is 22.6 Å². The minimum Gasteiger partial charge on any atom is -0.373 e. The molecule has 1 aliphatic heterocycles. The van der Waals surface area contributed by atoms with Crippen molar-refractivity contribution in [3.8, 4) is 0 Å². The summed E-state index contributed by atoms with van der Waals surface area (Å²) in [6.45, 7) is 1.65. The molecular weight excluding hydrogens is 531 g/mol. The third-order valence-electron chi connectivity index (χ3n) is 8.27. The predicted molar refractivity (Wildman–Crippen MR) is 142 cm³/mol. The molecule has 3 aliphatic rings. The molecule has 2 aromatic heterocycles. The average molecular weight is 562 g/mol. The maximum Gasteiger partial charge on any atom is 0.266 e. The molecule has 1 N–H and O–H groups in total. The summed E-state index contributed by atoms with van der Waals surface area (Å²) in [5.41, 5.74) is -1.03. The molecule has 2 aliphatic carbocycles. The van der Waals surface area contributed by atoms with Gasteiger partial charge < -0.3 is 10.1 Å². The first-order valence-electron chi connectivity index (χ1n) is 12.9. The monoisotopic (exact) mass is 561 g/mol. The van der Waals surface area contributed by atoms with E-state index in [0.717, 1.165) is 18.9 Å². The fourth-order valence-electron chi connectivity index (χ4n) is 6.31. The lowest BCUT2D eigenvalue weighted by Crippen LogP contribution is -2.64. The van der Waals surface area contributed by atoms with Crippen molar-refractivity contribution in [2.75, 3.05) is 23.9 Å². The number of hydrogen-bond donors (Lipinski definition) is 1. The first-order valence-corrected chi connectivity index (χ1v) is 14.8. The van der Waals surface area contributed by atoms with Gasteiger partial charge in [0.2, 0.25) is 0 Å². The number of pyridine rings is 1. The van der Waals surface area contributed by atoms with Gasteiger partial charge in [0.05, 0.1) is 34.2 Å². The highest BCUT2D eigenvalue weighted by Crippen LogP contribution is 2.61. The standard InChI is InChI=1S/C27H30F3N5O3S/c1-15(17-5-4-6-18(21(17)28)22(29)30)33-23-19-9-20(25(36)35(2)24(19)32-14-31-23)27(38-3)10-26(11-27)12-39(37,13-26)34-16-7-8-16/h4-6,9,14-16,22H,7-8,10-13H2,1-3H3,(H,31,32,33)/t15-,26?,27?,39?/m1/s1. The van der Waals surface area contributed by atoms with Crippen LogP contribution in [0.1, 0.15) is 61.8 Å². The maximum absolute atomic E-state index is 14.8. The molecule has 39 heavy (non-hydrogen) atoms. The molecule has 2 saturated carbocycles. The zero-order valence-electron chi connectivity index (χ0n) is 21.9. The fourth-order valence-corrected chi connectivity index (χ4v) is 9.46. The molecule has 1 aromatic carbocycles. The van der Waals surface area contributed by atoms with Crippen LogP contribution in [0.2, 0.25) is 0 Å². The Morgan fingerprint density at radius 2 is 1.90 bits per heavy atom. The van der Waals surface area contributed by atoms with Crippen LogP contribution in [0.5, 0.6) is 0 Å². The first kappa shape index (κ1) is 26.2. The van der Waals surface area contributed by atoms with Gasteiger partial charge in [0, 0.05) is 46.4 Å². The Bertz CT molecular complexity index is 1640. The molecular formula is C27H30F3N5O3S. The zero-order valence-corrected chi connectivity index (χ0v) is 22.7. The molecule has 8 nitrogen and oxygen atoms in total. The Kier molecular flexibility index (Phi) is 6.07. The summed E-state index contributed by atoms with van der Waals surface area (Å²) < 4.78 is 66.3. The number of alkyl halides is 2. The number of nitrogens with one attached hydrogen (secondary N) is 1. The normalized spacial score (nSPS) is 28.8. The van der Waals surface area contributed by atoms with Gasteiger partial charge in [-0.05, 0) is 38.7 Å². The Hall–Kier alpha value is -2.99. The first-order chi connectivity index (χ1) is 18.5. The number of ether oxygens (including phenoxy) is 1. The number of benzene rings is 1. The van der Waals surface area contributed by atoms with Crippen molar-refractivity contribution in [2.45, 2.75) is 56.7 Å². The van der Waals surface area contributed by atoms with Gasteiger partial charge in [0.15, 0.2) is 0 Å². The van der Waals surface area contributed by atoms with Crippen molar-refractivity contribution in [2.24, 2.45) is 16.8 Å². The second-order valence-corrected chi connectivity index (χ2v) is 13.6. The maximum atomic E-state index is 14.8. The largest absolute Gasteiger partial charge is 0.373 e. The fraction of sp³-hybridized carbons (Fsp3) is 0.519. The molecule has 12 heteroatoms. The van der Waals surface area contributed by atoms with Gasteiger partial charge in [-0.1, -0.05) is 18.2 Å². The highest BCUT2D eigenvalue weighted by atomic mass is 32.2. The van der Waals surface area contributed by atoms with Gasteiger partial charge in [0.25, 0.3) is 12.0 Å². The van der Waals surface area contributed by atoms with E-state index in [2.05, 4.69) is 19.6 Å². The molecule has 0 bridgehead atoms. The number of hydrogen-bond acceptors (Lipinski definition) is 7. The number of aromatic nitrogens is 3.